The molecule has 4 aromatic rings. The average Bonchev–Trinajstić information content (AvgIpc) is 3.05. The number of nitrogens with zero attached hydrogens (tertiary/aromatic N) is 3. The lowest BCUT2D eigenvalue weighted by Gasteiger charge is -2.07. The fourth-order valence-electron chi connectivity index (χ4n) is 3.39. The smallest absolute Gasteiger partial charge is 0.234 e. The number of benzene rings is 3. The minimum Gasteiger partial charge on any atom is -0.324 e. The van der Waals surface area contributed by atoms with Gasteiger partial charge in [0.25, 0.3) is 0 Å². The van der Waals surface area contributed by atoms with Crippen molar-refractivity contribution >= 4 is 57.3 Å². The number of hydrogen-bond acceptors (Lipinski definition) is 5. The molecule has 1 aliphatic carbocycles. The van der Waals surface area contributed by atoms with Gasteiger partial charge in [-0.25, -0.2) is 4.98 Å². The lowest BCUT2D eigenvalue weighted by molar-refractivity contribution is -0.113. The predicted molar refractivity (Wildman–Crippen MR) is 118 cm³/mol. The van der Waals surface area contributed by atoms with E-state index in [2.05, 4.69) is 32.6 Å². The minimum absolute atomic E-state index is 0.125. The highest BCUT2D eigenvalue weighted by atomic mass is 35.5. The van der Waals surface area contributed by atoms with Crippen LogP contribution in [-0.4, -0.2) is 26.8 Å². The van der Waals surface area contributed by atoms with Crippen molar-refractivity contribution in [2.75, 3.05) is 11.1 Å². The second kappa shape index (κ2) is 7.30. The lowest BCUT2D eigenvalue weighted by atomic mass is 10.0. The highest BCUT2D eigenvalue weighted by molar-refractivity contribution is 7.99. The molecule has 3 aromatic carbocycles. The van der Waals surface area contributed by atoms with Gasteiger partial charge in [-0.2, -0.15) is 0 Å². The molecule has 29 heavy (non-hydrogen) atoms. The molecule has 0 atom stereocenters. The van der Waals surface area contributed by atoms with Crippen molar-refractivity contribution < 1.29 is 4.79 Å². The molecule has 1 aromatic heterocycles. The molecule has 1 heterocycles. The van der Waals surface area contributed by atoms with Gasteiger partial charge in [0.15, 0.2) is 0 Å². The molecule has 0 fully saturated rings. The van der Waals surface area contributed by atoms with Gasteiger partial charge >= 0.3 is 0 Å². The van der Waals surface area contributed by atoms with Crippen molar-refractivity contribution in [3.05, 3.63) is 64.6 Å². The molecule has 1 amide bonds. The molecule has 0 spiro atoms. The first kappa shape index (κ1) is 18.4. The van der Waals surface area contributed by atoms with E-state index in [1.807, 2.05) is 24.3 Å². The van der Waals surface area contributed by atoms with Crippen LogP contribution in [0.4, 0.5) is 5.69 Å². The standard InChI is InChI=1S/C21H12Cl2N4OS/c22-12-7-8-15(23)16(9-12)24-17(28)10-29-21-25-19-13-5-1-3-11-4-2-6-14(18(11)13)20(19)26-27-21/h1-9H,10H2,(H,24,28). The molecule has 5 nitrogen and oxygen atoms in total. The number of thioether (sulfide) groups is 1. The monoisotopic (exact) mass is 438 g/mol. The summed E-state index contributed by atoms with van der Waals surface area (Å²) in [5.74, 6) is -0.103. The van der Waals surface area contributed by atoms with Crippen LogP contribution in [0.5, 0.6) is 0 Å². The van der Waals surface area contributed by atoms with Crippen molar-refractivity contribution in [3.8, 4) is 22.5 Å². The molecule has 1 aliphatic rings. The fraction of sp³-hybridized carbons (Fsp3) is 0.0476. The third-order valence-electron chi connectivity index (χ3n) is 4.62. The molecule has 142 valence electrons. The summed E-state index contributed by atoms with van der Waals surface area (Å²) in [7, 11) is 0. The van der Waals surface area contributed by atoms with Crippen molar-refractivity contribution in [1.82, 2.24) is 15.2 Å². The number of aromatic nitrogens is 3. The molecule has 0 saturated heterocycles. The van der Waals surface area contributed by atoms with E-state index in [0.717, 1.165) is 33.3 Å². The number of nitrogens with one attached hydrogen (secondary N) is 1. The van der Waals surface area contributed by atoms with E-state index >= 15 is 0 Å². The van der Waals surface area contributed by atoms with E-state index in [1.165, 1.54) is 11.8 Å². The van der Waals surface area contributed by atoms with Crippen LogP contribution in [0.3, 0.4) is 0 Å². The molecular weight excluding hydrogens is 427 g/mol. The van der Waals surface area contributed by atoms with Gasteiger partial charge in [0.05, 0.1) is 16.5 Å². The number of fused-ring (bicyclic) bond motifs is 3. The number of amides is 1. The highest BCUT2D eigenvalue weighted by Crippen LogP contribution is 2.44. The van der Waals surface area contributed by atoms with Crippen LogP contribution < -0.4 is 5.32 Å². The normalized spacial score (nSPS) is 11.5. The van der Waals surface area contributed by atoms with Gasteiger partial charge in [-0.15, -0.1) is 10.2 Å². The SMILES string of the molecule is O=C(CSc1nnc2c(n1)-c1cccc3cccc-2c13)Nc1cc(Cl)ccc1Cl. The van der Waals surface area contributed by atoms with Crippen LogP contribution in [0.2, 0.25) is 10.0 Å². The van der Waals surface area contributed by atoms with E-state index < -0.39 is 0 Å². The Balaban J connectivity index is 1.36. The number of halogens is 2. The van der Waals surface area contributed by atoms with E-state index in [0.29, 0.717) is 20.9 Å². The van der Waals surface area contributed by atoms with Gasteiger partial charge in [0.2, 0.25) is 11.1 Å². The lowest BCUT2D eigenvalue weighted by Crippen LogP contribution is -2.14. The summed E-state index contributed by atoms with van der Waals surface area (Å²) in [6, 6.07) is 17.1. The van der Waals surface area contributed by atoms with Crippen LogP contribution in [0.15, 0.2) is 59.8 Å². The van der Waals surface area contributed by atoms with Crippen LogP contribution >= 0.6 is 35.0 Å². The van der Waals surface area contributed by atoms with E-state index in [1.54, 1.807) is 18.2 Å². The molecule has 0 unspecified atom stereocenters. The maximum absolute atomic E-state index is 12.3. The van der Waals surface area contributed by atoms with Gasteiger partial charge in [-0.05, 0) is 23.6 Å². The first-order valence-corrected chi connectivity index (χ1v) is 10.5. The summed E-state index contributed by atoms with van der Waals surface area (Å²) >= 11 is 13.3. The maximum Gasteiger partial charge on any atom is 0.234 e. The second-order valence-electron chi connectivity index (χ2n) is 6.46. The summed E-state index contributed by atoms with van der Waals surface area (Å²) < 4.78 is 0. The quantitative estimate of drug-likeness (QED) is 0.364. The summed E-state index contributed by atoms with van der Waals surface area (Å²) in [4.78, 5) is 17.0. The van der Waals surface area contributed by atoms with Gasteiger partial charge in [-0.1, -0.05) is 71.4 Å². The third-order valence-corrected chi connectivity index (χ3v) is 6.02. The molecular formula is C21H12Cl2N4OS. The molecule has 0 radical (unpaired) electrons. The van der Waals surface area contributed by atoms with Crippen molar-refractivity contribution in [2.45, 2.75) is 5.16 Å². The summed E-state index contributed by atoms with van der Waals surface area (Å²) in [6.45, 7) is 0. The Hall–Kier alpha value is -2.67. The van der Waals surface area contributed by atoms with Gasteiger partial charge in [0, 0.05) is 21.5 Å². The van der Waals surface area contributed by atoms with Gasteiger partial charge < -0.3 is 5.32 Å². The number of anilines is 1. The molecule has 0 aliphatic heterocycles. The van der Waals surface area contributed by atoms with E-state index in [-0.39, 0.29) is 11.7 Å². The number of hydrogen-bond donors (Lipinski definition) is 1. The predicted octanol–water partition coefficient (Wildman–Crippen LogP) is 5.71. The number of carbonyl (C=O) groups excluding carboxylic acids is 1. The number of carbonyl (C=O) groups is 1. The van der Waals surface area contributed by atoms with Crippen LogP contribution in [0.25, 0.3) is 33.3 Å². The molecule has 5 rings (SSSR count). The highest BCUT2D eigenvalue weighted by Gasteiger charge is 2.25. The molecule has 0 bridgehead atoms. The summed E-state index contributed by atoms with van der Waals surface area (Å²) in [5.41, 5.74) is 4.13. The van der Waals surface area contributed by atoms with Crippen molar-refractivity contribution in [2.24, 2.45) is 0 Å². The Morgan fingerprint density at radius 3 is 2.52 bits per heavy atom. The van der Waals surface area contributed by atoms with Crippen LogP contribution in [0.1, 0.15) is 0 Å². The molecule has 1 N–H and O–H groups in total. The zero-order valence-corrected chi connectivity index (χ0v) is 17.1. The topological polar surface area (TPSA) is 67.8 Å². The Labute approximate surface area is 180 Å². The summed E-state index contributed by atoms with van der Waals surface area (Å²) in [6.07, 6.45) is 0. The van der Waals surface area contributed by atoms with Crippen molar-refractivity contribution in [1.29, 1.82) is 0 Å². The minimum atomic E-state index is -0.228. The van der Waals surface area contributed by atoms with E-state index in [4.69, 9.17) is 23.2 Å². The van der Waals surface area contributed by atoms with Crippen LogP contribution in [-0.2, 0) is 4.79 Å². The zero-order valence-electron chi connectivity index (χ0n) is 14.8. The Morgan fingerprint density at radius 1 is 0.966 bits per heavy atom. The average molecular weight is 439 g/mol. The first-order chi connectivity index (χ1) is 14.1. The Bertz CT molecular complexity index is 1290. The Kier molecular flexibility index (Phi) is 4.62. The number of rotatable bonds is 4. The van der Waals surface area contributed by atoms with Crippen LogP contribution in [0, 0.1) is 0 Å². The maximum atomic E-state index is 12.3. The Morgan fingerprint density at radius 2 is 1.72 bits per heavy atom. The fourth-order valence-corrected chi connectivity index (χ4v) is 4.31. The van der Waals surface area contributed by atoms with E-state index in [9.17, 15) is 4.79 Å². The largest absolute Gasteiger partial charge is 0.324 e. The van der Waals surface area contributed by atoms with Crippen molar-refractivity contribution in [3.63, 3.8) is 0 Å². The third kappa shape index (κ3) is 3.33. The molecule has 0 saturated carbocycles. The first-order valence-electron chi connectivity index (χ1n) is 8.75. The molecule has 8 heteroatoms. The van der Waals surface area contributed by atoms with Gasteiger partial charge in [0.1, 0.15) is 11.4 Å². The van der Waals surface area contributed by atoms with Gasteiger partial charge in [-0.3, -0.25) is 4.79 Å². The second-order valence-corrected chi connectivity index (χ2v) is 8.25. The summed E-state index contributed by atoms with van der Waals surface area (Å²) in [5, 5.41) is 15.0. The zero-order chi connectivity index (χ0) is 20.0.